The number of aromatic nitrogens is 2. The van der Waals surface area contributed by atoms with Gasteiger partial charge in [0, 0.05) is 26.1 Å². The molecule has 1 aromatic carbocycles. The van der Waals surface area contributed by atoms with Crippen LogP contribution in [0.2, 0.25) is 0 Å². The van der Waals surface area contributed by atoms with E-state index >= 15 is 0 Å². The van der Waals surface area contributed by atoms with Crippen LogP contribution in [0.25, 0.3) is 11.0 Å². The Kier molecular flexibility index (Phi) is 3.69. The number of nitrogens with one attached hydrogen (secondary N) is 2. The SMILES string of the molecule is Cn1c(CNCCNC(=O)C2CC2)nc2ccccc21. The van der Waals surface area contributed by atoms with Gasteiger partial charge in [0.2, 0.25) is 5.91 Å². The zero-order valence-electron chi connectivity index (χ0n) is 11.7. The number of para-hydroxylation sites is 2. The summed E-state index contributed by atoms with van der Waals surface area (Å²) in [5.41, 5.74) is 2.17. The Labute approximate surface area is 118 Å². The molecule has 1 fully saturated rings. The Morgan fingerprint density at radius 1 is 1.35 bits per heavy atom. The molecule has 0 radical (unpaired) electrons. The van der Waals surface area contributed by atoms with E-state index in [4.69, 9.17) is 0 Å². The van der Waals surface area contributed by atoms with Crippen LogP contribution >= 0.6 is 0 Å². The molecule has 5 nitrogen and oxygen atoms in total. The molecule has 1 amide bonds. The third kappa shape index (κ3) is 2.82. The highest BCUT2D eigenvalue weighted by atomic mass is 16.2. The molecular weight excluding hydrogens is 252 g/mol. The summed E-state index contributed by atoms with van der Waals surface area (Å²) in [7, 11) is 2.03. The van der Waals surface area contributed by atoms with Gasteiger partial charge in [0.25, 0.3) is 0 Å². The molecule has 1 aliphatic rings. The largest absolute Gasteiger partial charge is 0.355 e. The van der Waals surface area contributed by atoms with Crippen molar-refractivity contribution < 1.29 is 4.79 Å². The smallest absolute Gasteiger partial charge is 0.223 e. The molecule has 0 spiro atoms. The van der Waals surface area contributed by atoms with E-state index in [1.54, 1.807) is 0 Å². The summed E-state index contributed by atoms with van der Waals surface area (Å²) in [6.45, 7) is 2.16. The highest BCUT2D eigenvalue weighted by Gasteiger charge is 2.28. The molecule has 1 heterocycles. The van der Waals surface area contributed by atoms with Crippen molar-refractivity contribution in [3.05, 3.63) is 30.1 Å². The first-order chi connectivity index (χ1) is 9.75. The number of benzene rings is 1. The second kappa shape index (κ2) is 5.63. The normalized spacial score (nSPS) is 14.7. The lowest BCUT2D eigenvalue weighted by Gasteiger charge is -2.06. The van der Waals surface area contributed by atoms with Crippen LogP contribution in [0.4, 0.5) is 0 Å². The minimum Gasteiger partial charge on any atom is -0.355 e. The van der Waals surface area contributed by atoms with E-state index in [1.807, 2.05) is 25.2 Å². The molecule has 0 atom stereocenters. The predicted molar refractivity (Wildman–Crippen MR) is 78.2 cm³/mol. The van der Waals surface area contributed by atoms with Crippen LogP contribution in [0.3, 0.4) is 0 Å². The zero-order valence-corrected chi connectivity index (χ0v) is 11.7. The third-order valence-corrected chi connectivity index (χ3v) is 3.71. The maximum absolute atomic E-state index is 11.5. The fourth-order valence-corrected chi connectivity index (χ4v) is 2.32. The van der Waals surface area contributed by atoms with Gasteiger partial charge in [-0.2, -0.15) is 0 Å². The van der Waals surface area contributed by atoms with Crippen molar-refractivity contribution in [3.63, 3.8) is 0 Å². The van der Waals surface area contributed by atoms with Crippen molar-refractivity contribution in [1.29, 1.82) is 0 Å². The van der Waals surface area contributed by atoms with E-state index in [1.165, 1.54) is 0 Å². The molecule has 20 heavy (non-hydrogen) atoms. The lowest BCUT2D eigenvalue weighted by Crippen LogP contribution is -2.32. The van der Waals surface area contributed by atoms with Crippen LogP contribution < -0.4 is 10.6 Å². The number of rotatable bonds is 6. The number of imidazole rings is 1. The van der Waals surface area contributed by atoms with E-state index in [0.717, 1.165) is 36.2 Å². The fourth-order valence-electron chi connectivity index (χ4n) is 2.32. The second-order valence-electron chi connectivity index (χ2n) is 5.32. The van der Waals surface area contributed by atoms with Gasteiger partial charge < -0.3 is 15.2 Å². The van der Waals surface area contributed by atoms with E-state index in [0.29, 0.717) is 13.1 Å². The molecule has 0 saturated heterocycles. The summed E-state index contributed by atoms with van der Waals surface area (Å²) in [4.78, 5) is 16.1. The number of aryl methyl sites for hydroxylation is 1. The van der Waals surface area contributed by atoms with Gasteiger partial charge in [0.1, 0.15) is 5.82 Å². The molecule has 3 rings (SSSR count). The van der Waals surface area contributed by atoms with Crippen molar-refractivity contribution in [2.45, 2.75) is 19.4 Å². The van der Waals surface area contributed by atoms with Crippen LogP contribution in [0.1, 0.15) is 18.7 Å². The number of hydrogen-bond acceptors (Lipinski definition) is 3. The number of carbonyl (C=O) groups is 1. The molecule has 2 N–H and O–H groups in total. The third-order valence-electron chi connectivity index (χ3n) is 3.71. The van der Waals surface area contributed by atoms with Crippen LogP contribution in [-0.4, -0.2) is 28.5 Å². The van der Waals surface area contributed by atoms with E-state index in [2.05, 4.69) is 26.3 Å². The minimum absolute atomic E-state index is 0.203. The highest BCUT2D eigenvalue weighted by Crippen LogP contribution is 2.28. The van der Waals surface area contributed by atoms with Gasteiger partial charge in [-0.05, 0) is 25.0 Å². The van der Waals surface area contributed by atoms with Gasteiger partial charge in [-0.3, -0.25) is 4.79 Å². The lowest BCUT2D eigenvalue weighted by molar-refractivity contribution is -0.122. The Morgan fingerprint density at radius 3 is 2.90 bits per heavy atom. The molecule has 106 valence electrons. The topological polar surface area (TPSA) is 59.0 Å². The van der Waals surface area contributed by atoms with Crippen LogP contribution in [-0.2, 0) is 18.4 Å². The Morgan fingerprint density at radius 2 is 2.15 bits per heavy atom. The number of nitrogens with zero attached hydrogens (tertiary/aromatic N) is 2. The zero-order chi connectivity index (χ0) is 13.9. The van der Waals surface area contributed by atoms with Gasteiger partial charge in [-0.15, -0.1) is 0 Å². The maximum Gasteiger partial charge on any atom is 0.223 e. The fraction of sp³-hybridized carbons (Fsp3) is 0.467. The Bertz CT molecular complexity index is 615. The molecule has 1 aromatic heterocycles. The second-order valence-corrected chi connectivity index (χ2v) is 5.32. The summed E-state index contributed by atoms with van der Waals surface area (Å²) in [5, 5.41) is 6.26. The first kappa shape index (κ1) is 13.1. The van der Waals surface area contributed by atoms with Crippen molar-refractivity contribution in [2.75, 3.05) is 13.1 Å². The molecule has 0 bridgehead atoms. The van der Waals surface area contributed by atoms with Crippen LogP contribution in [0.15, 0.2) is 24.3 Å². The molecule has 1 aliphatic carbocycles. The highest BCUT2D eigenvalue weighted by molar-refractivity contribution is 5.80. The summed E-state index contributed by atoms with van der Waals surface area (Å²) in [6, 6.07) is 8.12. The summed E-state index contributed by atoms with van der Waals surface area (Å²) in [6.07, 6.45) is 2.11. The quantitative estimate of drug-likeness (QED) is 0.777. The van der Waals surface area contributed by atoms with Crippen LogP contribution in [0.5, 0.6) is 0 Å². The molecule has 2 aromatic rings. The van der Waals surface area contributed by atoms with E-state index in [-0.39, 0.29) is 11.8 Å². The van der Waals surface area contributed by atoms with Gasteiger partial charge in [-0.25, -0.2) is 4.98 Å². The van der Waals surface area contributed by atoms with Crippen LogP contribution in [0, 0.1) is 5.92 Å². The van der Waals surface area contributed by atoms with Gasteiger partial charge >= 0.3 is 0 Å². The van der Waals surface area contributed by atoms with Crippen molar-refractivity contribution in [2.24, 2.45) is 13.0 Å². The maximum atomic E-state index is 11.5. The molecule has 5 heteroatoms. The standard InChI is InChI=1S/C15H20N4O/c1-19-13-5-3-2-4-12(13)18-14(19)10-16-8-9-17-15(20)11-6-7-11/h2-5,11,16H,6-10H2,1H3,(H,17,20). The number of hydrogen-bond donors (Lipinski definition) is 2. The number of amides is 1. The average molecular weight is 272 g/mol. The predicted octanol–water partition coefficient (Wildman–Crippen LogP) is 1.19. The minimum atomic E-state index is 0.203. The molecule has 0 aliphatic heterocycles. The average Bonchev–Trinajstić information content (AvgIpc) is 3.26. The van der Waals surface area contributed by atoms with Crippen molar-refractivity contribution in [3.8, 4) is 0 Å². The Hall–Kier alpha value is -1.88. The molecular formula is C15H20N4O. The number of carbonyl (C=O) groups excluding carboxylic acids is 1. The summed E-state index contributed by atoms with van der Waals surface area (Å²) < 4.78 is 2.10. The van der Waals surface area contributed by atoms with Crippen molar-refractivity contribution in [1.82, 2.24) is 20.2 Å². The number of fused-ring (bicyclic) bond motifs is 1. The molecule has 1 saturated carbocycles. The summed E-state index contributed by atoms with van der Waals surface area (Å²) >= 11 is 0. The lowest BCUT2D eigenvalue weighted by atomic mass is 10.3. The monoisotopic (exact) mass is 272 g/mol. The van der Waals surface area contributed by atoms with Crippen molar-refractivity contribution >= 4 is 16.9 Å². The van der Waals surface area contributed by atoms with E-state index < -0.39 is 0 Å². The first-order valence-corrected chi connectivity index (χ1v) is 7.14. The summed E-state index contributed by atoms with van der Waals surface area (Å²) in [5.74, 6) is 1.50. The Balaban J connectivity index is 1.47. The van der Waals surface area contributed by atoms with Gasteiger partial charge in [-0.1, -0.05) is 12.1 Å². The first-order valence-electron chi connectivity index (χ1n) is 7.14. The molecule has 0 unspecified atom stereocenters. The van der Waals surface area contributed by atoms with Gasteiger partial charge in [0.05, 0.1) is 17.6 Å². The van der Waals surface area contributed by atoms with Gasteiger partial charge in [0.15, 0.2) is 0 Å². The van der Waals surface area contributed by atoms with E-state index in [9.17, 15) is 4.79 Å².